The fourth-order valence-corrected chi connectivity index (χ4v) is 3.36. The summed E-state index contributed by atoms with van der Waals surface area (Å²) in [5.41, 5.74) is 4.20. The lowest BCUT2D eigenvalue weighted by molar-refractivity contribution is -0.131. The first-order chi connectivity index (χ1) is 12.2. The average Bonchev–Trinajstić information content (AvgIpc) is 3.04. The molecular formula is C19H21N5O. The number of carbonyl (C=O) groups is 1. The Bertz CT molecular complexity index is 917. The predicted octanol–water partition coefficient (Wildman–Crippen LogP) is 2.52. The summed E-state index contributed by atoms with van der Waals surface area (Å²) in [6.07, 6.45) is 3.11. The van der Waals surface area contributed by atoms with Crippen LogP contribution in [-0.4, -0.2) is 39.1 Å². The van der Waals surface area contributed by atoms with Crippen molar-refractivity contribution < 1.29 is 4.79 Å². The van der Waals surface area contributed by atoms with Gasteiger partial charge in [0.1, 0.15) is 5.82 Å². The highest BCUT2D eigenvalue weighted by atomic mass is 16.2. The van der Waals surface area contributed by atoms with E-state index in [1.54, 1.807) is 0 Å². The molecule has 0 unspecified atom stereocenters. The SMILES string of the molecule is CCNc1cc2c(nn1)CCN(C(=O)Cc1c[nH]c3ccccc13)C2. The minimum absolute atomic E-state index is 0.150. The number of hydrogen-bond acceptors (Lipinski definition) is 4. The van der Waals surface area contributed by atoms with E-state index in [-0.39, 0.29) is 5.91 Å². The summed E-state index contributed by atoms with van der Waals surface area (Å²) in [5, 5.41) is 12.8. The van der Waals surface area contributed by atoms with Gasteiger partial charge < -0.3 is 15.2 Å². The first-order valence-electron chi connectivity index (χ1n) is 8.66. The van der Waals surface area contributed by atoms with Crippen molar-refractivity contribution >= 4 is 22.6 Å². The van der Waals surface area contributed by atoms with Crippen molar-refractivity contribution in [3.05, 3.63) is 53.3 Å². The Morgan fingerprint density at radius 2 is 2.20 bits per heavy atom. The number of nitrogens with zero attached hydrogens (tertiary/aromatic N) is 3. The average molecular weight is 335 g/mol. The number of rotatable bonds is 4. The highest BCUT2D eigenvalue weighted by molar-refractivity contribution is 5.89. The summed E-state index contributed by atoms with van der Waals surface area (Å²) in [6, 6.07) is 10.1. The second-order valence-electron chi connectivity index (χ2n) is 6.33. The van der Waals surface area contributed by atoms with E-state index < -0.39 is 0 Å². The van der Waals surface area contributed by atoms with Crippen LogP contribution in [0.2, 0.25) is 0 Å². The number of benzene rings is 1. The number of carbonyl (C=O) groups excluding carboxylic acids is 1. The number of H-pyrrole nitrogens is 1. The van der Waals surface area contributed by atoms with Crippen molar-refractivity contribution in [2.45, 2.75) is 26.3 Å². The van der Waals surface area contributed by atoms with Crippen LogP contribution >= 0.6 is 0 Å². The smallest absolute Gasteiger partial charge is 0.227 e. The molecule has 1 amide bonds. The van der Waals surface area contributed by atoms with Gasteiger partial charge in [-0.05, 0) is 30.2 Å². The van der Waals surface area contributed by atoms with Crippen molar-refractivity contribution in [3.8, 4) is 0 Å². The fourth-order valence-electron chi connectivity index (χ4n) is 3.36. The quantitative estimate of drug-likeness (QED) is 0.768. The summed E-state index contributed by atoms with van der Waals surface area (Å²) in [6.45, 7) is 4.13. The summed E-state index contributed by atoms with van der Waals surface area (Å²) < 4.78 is 0. The molecule has 128 valence electrons. The molecule has 2 N–H and O–H groups in total. The van der Waals surface area contributed by atoms with Crippen LogP contribution in [0.3, 0.4) is 0 Å². The van der Waals surface area contributed by atoms with E-state index in [9.17, 15) is 4.79 Å². The van der Waals surface area contributed by atoms with Gasteiger partial charge >= 0.3 is 0 Å². The van der Waals surface area contributed by atoms with Crippen molar-refractivity contribution in [2.75, 3.05) is 18.4 Å². The molecule has 0 spiro atoms. The molecule has 4 rings (SSSR count). The van der Waals surface area contributed by atoms with E-state index in [1.807, 2.05) is 42.3 Å². The van der Waals surface area contributed by atoms with Crippen LogP contribution in [0, 0.1) is 0 Å². The van der Waals surface area contributed by atoms with Crippen LogP contribution in [0.4, 0.5) is 5.82 Å². The van der Waals surface area contributed by atoms with Crippen molar-refractivity contribution in [2.24, 2.45) is 0 Å². The minimum atomic E-state index is 0.150. The zero-order chi connectivity index (χ0) is 17.2. The standard InChI is InChI=1S/C19H21N5O/c1-2-20-18-9-14-12-24(8-7-16(14)22-23-18)19(25)10-13-11-21-17-6-4-3-5-15(13)17/h3-6,9,11,21H,2,7-8,10,12H2,1H3,(H,20,23). The number of aromatic nitrogens is 3. The lowest BCUT2D eigenvalue weighted by atomic mass is 10.0. The number of para-hydroxylation sites is 1. The van der Waals surface area contributed by atoms with E-state index in [2.05, 4.69) is 26.6 Å². The molecule has 6 nitrogen and oxygen atoms in total. The molecule has 1 aliphatic heterocycles. The topological polar surface area (TPSA) is 73.9 Å². The molecule has 0 saturated heterocycles. The Morgan fingerprint density at radius 3 is 3.08 bits per heavy atom. The maximum atomic E-state index is 12.8. The second-order valence-corrected chi connectivity index (χ2v) is 6.33. The molecule has 1 aromatic carbocycles. The van der Waals surface area contributed by atoms with Crippen LogP contribution in [0.15, 0.2) is 36.5 Å². The Hall–Kier alpha value is -2.89. The molecular weight excluding hydrogens is 314 g/mol. The van der Waals surface area contributed by atoms with E-state index in [0.29, 0.717) is 19.5 Å². The van der Waals surface area contributed by atoms with Crippen LogP contribution in [0.1, 0.15) is 23.7 Å². The molecule has 3 heterocycles. The molecule has 1 aliphatic rings. The molecule has 3 aromatic rings. The van der Waals surface area contributed by atoms with Crippen molar-refractivity contribution in [3.63, 3.8) is 0 Å². The monoisotopic (exact) mass is 335 g/mol. The Morgan fingerprint density at radius 1 is 1.32 bits per heavy atom. The van der Waals surface area contributed by atoms with Crippen molar-refractivity contribution in [1.29, 1.82) is 0 Å². The van der Waals surface area contributed by atoms with Gasteiger partial charge in [0.15, 0.2) is 0 Å². The largest absolute Gasteiger partial charge is 0.369 e. The van der Waals surface area contributed by atoms with Crippen LogP contribution in [-0.2, 0) is 24.2 Å². The Labute approximate surface area is 146 Å². The normalized spacial score (nSPS) is 13.7. The molecule has 0 saturated carbocycles. The lowest BCUT2D eigenvalue weighted by Gasteiger charge is -2.28. The first kappa shape index (κ1) is 15.6. The van der Waals surface area contributed by atoms with Crippen molar-refractivity contribution in [1.82, 2.24) is 20.1 Å². The number of amides is 1. The summed E-state index contributed by atoms with van der Waals surface area (Å²) in [5.74, 6) is 0.921. The third kappa shape index (κ3) is 3.07. The van der Waals surface area contributed by atoms with Gasteiger partial charge in [-0.25, -0.2) is 0 Å². The maximum Gasteiger partial charge on any atom is 0.227 e. The van der Waals surface area contributed by atoms with Crippen LogP contribution < -0.4 is 5.32 Å². The van der Waals surface area contributed by atoms with Gasteiger partial charge in [0, 0.05) is 43.2 Å². The maximum absolute atomic E-state index is 12.8. The molecule has 6 heteroatoms. The number of fused-ring (bicyclic) bond motifs is 2. The molecule has 2 aromatic heterocycles. The summed E-state index contributed by atoms with van der Waals surface area (Å²) >= 11 is 0. The van der Waals surface area contributed by atoms with Gasteiger partial charge in [-0.1, -0.05) is 18.2 Å². The third-order valence-corrected chi connectivity index (χ3v) is 4.67. The zero-order valence-electron chi connectivity index (χ0n) is 14.2. The van der Waals surface area contributed by atoms with Gasteiger partial charge in [-0.2, -0.15) is 5.10 Å². The molecule has 25 heavy (non-hydrogen) atoms. The number of anilines is 1. The predicted molar refractivity (Wildman–Crippen MR) is 97.3 cm³/mol. The number of nitrogens with one attached hydrogen (secondary N) is 2. The van der Waals surface area contributed by atoms with Crippen LogP contribution in [0.25, 0.3) is 10.9 Å². The minimum Gasteiger partial charge on any atom is -0.369 e. The van der Waals surface area contributed by atoms with E-state index in [0.717, 1.165) is 46.5 Å². The zero-order valence-corrected chi connectivity index (χ0v) is 14.2. The van der Waals surface area contributed by atoms with Gasteiger partial charge in [0.05, 0.1) is 12.1 Å². The van der Waals surface area contributed by atoms with E-state index in [4.69, 9.17) is 0 Å². The second kappa shape index (κ2) is 6.55. The van der Waals surface area contributed by atoms with Gasteiger partial charge in [0.25, 0.3) is 0 Å². The molecule has 0 aliphatic carbocycles. The molecule has 0 radical (unpaired) electrons. The third-order valence-electron chi connectivity index (χ3n) is 4.67. The lowest BCUT2D eigenvalue weighted by Crippen LogP contribution is -2.37. The number of aromatic amines is 1. The van der Waals surface area contributed by atoms with Gasteiger partial charge in [-0.15, -0.1) is 5.10 Å². The highest BCUT2D eigenvalue weighted by Gasteiger charge is 2.23. The van der Waals surface area contributed by atoms with Gasteiger partial charge in [0.2, 0.25) is 5.91 Å². The fraction of sp³-hybridized carbons (Fsp3) is 0.316. The van der Waals surface area contributed by atoms with E-state index >= 15 is 0 Å². The number of hydrogen-bond donors (Lipinski definition) is 2. The molecule has 0 atom stereocenters. The summed E-state index contributed by atoms with van der Waals surface area (Å²) in [7, 11) is 0. The Kier molecular flexibility index (Phi) is 4.09. The summed E-state index contributed by atoms with van der Waals surface area (Å²) in [4.78, 5) is 17.9. The Balaban J connectivity index is 1.51. The van der Waals surface area contributed by atoms with Gasteiger partial charge in [-0.3, -0.25) is 4.79 Å². The molecule has 0 bridgehead atoms. The highest BCUT2D eigenvalue weighted by Crippen LogP contribution is 2.22. The first-order valence-corrected chi connectivity index (χ1v) is 8.66. The molecule has 0 fully saturated rings. The van der Waals surface area contributed by atoms with E-state index in [1.165, 1.54) is 0 Å². The van der Waals surface area contributed by atoms with Crippen LogP contribution in [0.5, 0.6) is 0 Å².